The molecule has 7 nitrogen and oxygen atoms in total. The maximum atomic E-state index is 12.1. The van der Waals surface area contributed by atoms with Crippen LogP contribution in [0, 0.1) is 0 Å². The van der Waals surface area contributed by atoms with Gasteiger partial charge in [-0.1, -0.05) is 6.07 Å². The van der Waals surface area contributed by atoms with Gasteiger partial charge in [-0.3, -0.25) is 4.79 Å². The molecule has 7 heteroatoms. The maximum Gasteiger partial charge on any atom is 0.244 e. The fourth-order valence-corrected chi connectivity index (χ4v) is 2.70. The summed E-state index contributed by atoms with van der Waals surface area (Å²) in [5.74, 6) is 1.74. The molecule has 0 aliphatic carbocycles. The van der Waals surface area contributed by atoms with Crippen LogP contribution in [0.15, 0.2) is 29.4 Å². The van der Waals surface area contributed by atoms with Crippen molar-refractivity contribution in [3.8, 4) is 0 Å². The first-order chi connectivity index (χ1) is 12.3. The first-order valence-corrected chi connectivity index (χ1v) is 9.24. The third kappa shape index (κ3) is 7.41. The van der Waals surface area contributed by atoms with Gasteiger partial charge in [0.2, 0.25) is 5.91 Å². The molecule has 0 aromatic carbocycles. The van der Waals surface area contributed by atoms with Crippen LogP contribution in [-0.2, 0) is 4.79 Å². The molecule has 1 aromatic rings. The highest BCUT2D eigenvalue weighted by atomic mass is 16.2. The summed E-state index contributed by atoms with van der Waals surface area (Å²) >= 11 is 0. The van der Waals surface area contributed by atoms with E-state index >= 15 is 0 Å². The number of nitrogens with zero attached hydrogens (tertiary/aromatic N) is 3. The Hall–Kier alpha value is -2.31. The predicted molar refractivity (Wildman–Crippen MR) is 102 cm³/mol. The Morgan fingerprint density at radius 1 is 1.20 bits per heavy atom. The summed E-state index contributed by atoms with van der Waals surface area (Å²) in [6.07, 6.45) is 6.06. The fraction of sp³-hybridized carbons (Fsp3) is 0.611. The van der Waals surface area contributed by atoms with Crippen molar-refractivity contribution in [3.63, 3.8) is 0 Å². The molecule has 1 saturated heterocycles. The number of carbonyl (C=O) groups is 1. The zero-order chi connectivity index (χ0) is 17.7. The van der Waals surface area contributed by atoms with Crippen molar-refractivity contribution in [1.29, 1.82) is 0 Å². The van der Waals surface area contributed by atoms with E-state index < -0.39 is 0 Å². The first-order valence-electron chi connectivity index (χ1n) is 9.24. The van der Waals surface area contributed by atoms with Gasteiger partial charge in [-0.25, -0.2) is 9.98 Å². The molecule has 0 saturated carbocycles. The molecule has 0 bridgehead atoms. The minimum Gasteiger partial charge on any atom is -0.370 e. The van der Waals surface area contributed by atoms with E-state index in [4.69, 9.17) is 0 Å². The van der Waals surface area contributed by atoms with E-state index in [1.54, 1.807) is 6.20 Å². The second kappa shape index (κ2) is 11.3. The van der Waals surface area contributed by atoms with Crippen LogP contribution in [0.3, 0.4) is 0 Å². The molecule has 1 aromatic heterocycles. The maximum absolute atomic E-state index is 12.1. The van der Waals surface area contributed by atoms with Crippen molar-refractivity contribution in [2.24, 2.45) is 4.99 Å². The second-order valence-electron chi connectivity index (χ2n) is 6.06. The van der Waals surface area contributed by atoms with E-state index in [-0.39, 0.29) is 12.5 Å². The lowest BCUT2D eigenvalue weighted by Crippen LogP contribution is -2.39. The van der Waals surface area contributed by atoms with E-state index in [1.807, 2.05) is 30.0 Å². The molecular formula is C18H30N6O. The highest BCUT2D eigenvalue weighted by Crippen LogP contribution is 2.07. The lowest BCUT2D eigenvalue weighted by Gasteiger charge is -2.15. The number of anilines is 1. The van der Waals surface area contributed by atoms with Crippen molar-refractivity contribution < 1.29 is 4.79 Å². The van der Waals surface area contributed by atoms with Crippen LogP contribution in [0.5, 0.6) is 0 Å². The summed E-state index contributed by atoms with van der Waals surface area (Å²) in [5.41, 5.74) is 0. The number of amides is 1. The minimum atomic E-state index is 0.120. The van der Waals surface area contributed by atoms with E-state index in [2.05, 4.69) is 25.9 Å². The van der Waals surface area contributed by atoms with E-state index in [1.165, 1.54) is 0 Å². The summed E-state index contributed by atoms with van der Waals surface area (Å²) in [6, 6.07) is 5.84. The zero-order valence-electron chi connectivity index (χ0n) is 15.1. The lowest BCUT2D eigenvalue weighted by atomic mass is 10.3. The number of guanidine groups is 1. The monoisotopic (exact) mass is 346 g/mol. The average Bonchev–Trinajstić information content (AvgIpc) is 3.18. The molecule has 0 radical (unpaired) electrons. The Morgan fingerprint density at radius 3 is 2.72 bits per heavy atom. The fourth-order valence-electron chi connectivity index (χ4n) is 2.70. The molecule has 0 spiro atoms. The smallest absolute Gasteiger partial charge is 0.244 e. The Balaban J connectivity index is 1.61. The van der Waals surface area contributed by atoms with E-state index in [9.17, 15) is 4.79 Å². The van der Waals surface area contributed by atoms with Crippen molar-refractivity contribution in [1.82, 2.24) is 20.5 Å². The topological polar surface area (TPSA) is 81.7 Å². The Morgan fingerprint density at radius 2 is 2.00 bits per heavy atom. The molecule has 2 rings (SSSR count). The number of aromatic nitrogens is 1. The highest BCUT2D eigenvalue weighted by molar-refractivity contribution is 5.85. The predicted octanol–water partition coefficient (Wildman–Crippen LogP) is 1.45. The Labute approximate surface area is 150 Å². The average molecular weight is 346 g/mol. The molecule has 1 fully saturated rings. The number of unbranched alkanes of at least 4 members (excludes halogenated alkanes) is 1. The van der Waals surface area contributed by atoms with Gasteiger partial charge >= 0.3 is 0 Å². The number of hydrogen-bond donors (Lipinski definition) is 3. The third-order valence-electron chi connectivity index (χ3n) is 4.04. The lowest BCUT2D eigenvalue weighted by molar-refractivity contribution is -0.128. The Bertz CT molecular complexity index is 528. The number of aliphatic imine (C=N–C) groups is 1. The number of nitrogens with one attached hydrogen (secondary N) is 3. The molecule has 1 amide bonds. The minimum absolute atomic E-state index is 0.120. The third-order valence-corrected chi connectivity index (χ3v) is 4.04. The highest BCUT2D eigenvalue weighted by Gasteiger charge is 2.17. The molecular weight excluding hydrogens is 316 g/mol. The standard InChI is InChI=1S/C18H30N6O/c1-2-19-18(23-15-17(25)24-13-7-8-14-24)22-12-6-5-11-21-16-9-3-4-10-20-16/h3-4,9-10H,2,5-8,11-15H2,1H3,(H,20,21)(H2,19,22,23). The molecule has 138 valence electrons. The van der Waals surface area contributed by atoms with Crippen LogP contribution in [-0.4, -0.2) is 61.0 Å². The van der Waals surface area contributed by atoms with Gasteiger partial charge in [0.25, 0.3) is 0 Å². The molecule has 1 aliphatic heterocycles. The van der Waals surface area contributed by atoms with Gasteiger partial charge in [0.1, 0.15) is 12.4 Å². The zero-order valence-corrected chi connectivity index (χ0v) is 15.1. The van der Waals surface area contributed by atoms with Gasteiger partial charge in [-0.15, -0.1) is 0 Å². The first kappa shape index (κ1) is 19.0. The van der Waals surface area contributed by atoms with Crippen molar-refractivity contribution in [3.05, 3.63) is 24.4 Å². The second-order valence-corrected chi connectivity index (χ2v) is 6.06. The number of rotatable bonds is 9. The summed E-state index contributed by atoms with van der Waals surface area (Å²) in [4.78, 5) is 22.6. The van der Waals surface area contributed by atoms with Gasteiger partial charge in [0.05, 0.1) is 0 Å². The number of pyridine rings is 1. The van der Waals surface area contributed by atoms with Crippen LogP contribution in [0.1, 0.15) is 32.6 Å². The quantitative estimate of drug-likeness (QED) is 0.358. The van der Waals surface area contributed by atoms with Crippen LogP contribution in [0.2, 0.25) is 0 Å². The molecule has 2 heterocycles. The molecule has 0 atom stereocenters. The summed E-state index contributed by atoms with van der Waals surface area (Å²) in [7, 11) is 0. The number of carbonyl (C=O) groups excluding carboxylic acids is 1. The Kier molecular flexibility index (Phi) is 8.58. The molecule has 3 N–H and O–H groups in total. The van der Waals surface area contributed by atoms with Gasteiger partial charge in [0, 0.05) is 38.9 Å². The van der Waals surface area contributed by atoms with Crippen LogP contribution in [0.4, 0.5) is 5.82 Å². The van der Waals surface area contributed by atoms with E-state index in [0.717, 1.165) is 64.2 Å². The normalized spacial score (nSPS) is 14.4. The van der Waals surface area contributed by atoms with Crippen LogP contribution < -0.4 is 16.0 Å². The summed E-state index contributed by atoms with van der Waals surface area (Å²) in [6.45, 7) is 6.49. The largest absolute Gasteiger partial charge is 0.370 e. The van der Waals surface area contributed by atoms with Crippen LogP contribution >= 0.6 is 0 Å². The van der Waals surface area contributed by atoms with Crippen molar-refractivity contribution >= 4 is 17.7 Å². The van der Waals surface area contributed by atoms with Gasteiger partial charge < -0.3 is 20.9 Å². The molecule has 1 aliphatic rings. The van der Waals surface area contributed by atoms with Crippen LogP contribution in [0.25, 0.3) is 0 Å². The van der Waals surface area contributed by atoms with Crippen molar-refractivity contribution in [2.45, 2.75) is 32.6 Å². The van der Waals surface area contributed by atoms with Gasteiger partial charge in [-0.05, 0) is 44.7 Å². The van der Waals surface area contributed by atoms with Gasteiger partial charge in [-0.2, -0.15) is 0 Å². The number of likely N-dealkylation sites (tertiary alicyclic amines) is 1. The van der Waals surface area contributed by atoms with Gasteiger partial charge in [0.15, 0.2) is 5.96 Å². The SMILES string of the molecule is CCNC(=NCC(=O)N1CCCC1)NCCCCNc1ccccn1. The van der Waals surface area contributed by atoms with Crippen molar-refractivity contribution in [2.75, 3.05) is 44.6 Å². The van der Waals surface area contributed by atoms with E-state index in [0.29, 0.717) is 5.96 Å². The number of hydrogen-bond acceptors (Lipinski definition) is 4. The molecule has 0 unspecified atom stereocenters. The summed E-state index contributed by atoms with van der Waals surface area (Å²) < 4.78 is 0. The summed E-state index contributed by atoms with van der Waals surface area (Å²) in [5, 5.41) is 9.77. The molecule has 25 heavy (non-hydrogen) atoms.